The molecular weight excluding hydrogens is 563 g/mol. The van der Waals surface area contributed by atoms with Crippen LogP contribution in [0.1, 0.15) is 39.7 Å². The Morgan fingerprint density at radius 3 is 2.18 bits per heavy atom. The Balaban J connectivity index is 1.42. The molecule has 3 unspecified atom stereocenters. The highest BCUT2D eigenvalue weighted by Crippen LogP contribution is 2.59. The number of benzene rings is 5. The lowest BCUT2D eigenvalue weighted by Crippen LogP contribution is -2.35. The van der Waals surface area contributed by atoms with E-state index in [1.165, 1.54) is 33.2 Å². The van der Waals surface area contributed by atoms with Crippen LogP contribution >= 0.6 is 11.8 Å². The lowest BCUT2D eigenvalue weighted by atomic mass is 9.69. The Bertz CT molecular complexity index is 1930. The Morgan fingerprint density at radius 1 is 0.773 bits per heavy atom. The van der Waals surface area contributed by atoms with Gasteiger partial charge < -0.3 is 19.1 Å². The molecular formula is C39H35NO3S. The van der Waals surface area contributed by atoms with Crippen LogP contribution < -0.4 is 19.1 Å². The molecule has 2 aliphatic heterocycles. The molecule has 0 spiro atoms. The van der Waals surface area contributed by atoms with Gasteiger partial charge in [0.25, 0.3) is 0 Å². The fourth-order valence-corrected chi connectivity index (χ4v) is 8.92. The topological polar surface area (TPSA) is 30.9 Å². The third-order valence-corrected chi connectivity index (χ3v) is 10.9. The van der Waals surface area contributed by atoms with Crippen molar-refractivity contribution in [3.63, 3.8) is 0 Å². The quantitative estimate of drug-likeness (QED) is 0.202. The number of hydrogen-bond donors (Lipinski definition) is 0. The summed E-state index contributed by atoms with van der Waals surface area (Å²) >= 11 is 2.07. The molecule has 0 bridgehead atoms. The van der Waals surface area contributed by atoms with Gasteiger partial charge in [0.05, 0.1) is 14.2 Å². The minimum atomic E-state index is -0.829. The highest BCUT2D eigenvalue weighted by molar-refractivity contribution is 7.99. The largest absolute Gasteiger partial charge is 0.497 e. The summed E-state index contributed by atoms with van der Waals surface area (Å²) < 4.78 is 18.8. The Labute approximate surface area is 263 Å². The number of ether oxygens (including phenoxy) is 3. The Kier molecular flexibility index (Phi) is 6.42. The van der Waals surface area contributed by atoms with Gasteiger partial charge in [-0.1, -0.05) is 54.6 Å². The monoisotopic (exact) mass is 597 g/mol. The van der Waals surface area contributed by atoms with E-state index in [0.29, 0.717) is 11.8 Å². The van der Waals surface area contributed by atoms with Crippen LogP contribution in [0.4, 0.5) is 5.69 Å². The average molecular weight is 598 g/mol. The van der Waals surface area contributed by atoms with Gasteiger partial charge in [-0.25, -0.2) is 0 Å². The number of nitrogens with zero attached hydrogens (tertiary/aromatic N) is 1. The average Bonchev–Trinajstić information content (AvgIpc) is 3.58. The summed E-state index contributed by atoms with van der Waals surface area (Å²) in [6.45, 7) is 0. The fourth-order valence-electron chi connectivity index (χ4n) is 7.47. The van der Waals surface area contributed by atoms with E-state index in [0.717, 1.165) is 51.0 Å². The number of rotatable bonds is 5. The maximum absolute atomic E-state index is 7.48. The second-order valence-electron chi connectivity index (χ2n) is 12.1. The van der Waals surface area contributed by atoms with Crippen LogP contribution in [-0.2, 0) is 5.60 Å². The van der Waals surface area contributed by atoms with Crippen LogP contribution in [0.5, 0.6) is 17.2 Å². The summed E-state index contributed by atoms with van der Waals surface area (Å²) in [7, 11) is 7.57. The molecule has 8 rings (SSSR count). The van der Waals surface area contributed by atoms with E-state index in [1.807, 2.05) is 12.1 Å². The summed E-state index contributed by atoms with van der Waals surface area (Å²) in [6, 6.07) is 32.5. The molecule has 5 aromatic rings. The first-order valence-electron chi connectivity index (χ1n) is 15.2. The van der Waals surface area contributed by atoms with E-state index in [2.05, 4.69) is 122 Å². The normalized spacial score (nSPS) is 21.1. The van der Waals surface area contributed by atoms with Crippen LogP contribution in [0.2, 0.25) is 0 Å². The molecule has 5 aromatic carbocycles. The zero-order chi connectivity index (χ0) is 30.0. The van der Waals surface area contributed by atoms with Gasteiger partial charge in [-0.2, -0.15) is 11.8 Å². The SMILES string of the molecule is COc1ccc(C2(c3ccc(N(C)C)cc3)C=Cc3c4c(c5ccc(OC)cc5c3O2)-c2ccccc2C2CSCC42)cc1. The molecule has 0 saturated carbocycles. The number of thioether (sulfide) groups is 1. The molecule has 1 aliphatic carbocycles. The van der Waals surface area contributed by atoms with Crippen LogP contribution in [0.25, 0.3) is 28.0 Å². The van der Waals surface area contributed by atoms with Crippen molar-refractivity contribution in [1.29, 1.82) is 0 Å². The number of methoxy groups -OCH3 is 2. The molecule has 1 saturated heterocycles. The zero-order valence-electron chi connectivity index (χ0n) is 25.5. The minimum absolute atomic E-state index is 0.436. The van der Waals surface area contributed by atoms with Crippen molar-refractivity contribution in [2.45, 2.75) is 17.4 Å². The van der Waals surface area contributed by atoms with E-state index in [-0.39, 0.29) is 0 Å². The second-order valence-corrected chi connectivity index (χ2v) is 13.2. The highest BCUT2D eigenvalue weighted by atomic mass is 32.2. The molecule has 3 atom stereocenters. The van der Waals surface area contributed by atoms with Crippen LogP contribution in [0.3, 0.4) is 0 Å². The predicted octanol–water partition coefficient (Wildman–Crippen LogP) is 8.87. The molecule has 44 heavy (non-hydrogen) atoms. The van der Waals surface area contributed by atoms with Crippen LogP contribution in [0, 0.1) is 0 Å². The van der Waals surface area contributed by atoms with Crippen molar-refractivity contribution in [3.05, 3.63) is 125 Å². The molecule has 2 heterocycles. The maximum atomic E-state index is 7.48. The molecule has 0 amide bonds. The number of fused-ring (bicyclic) bond motifs is 11. The van der Waals surface area contributed by atoms with Crippen molar-refractivity contribution < 1.29 is 14.2 Å². The van der Waals surface area contributed by atoms with Crippen LogP contribution in [-0.4, -0.2) is 39.8 Å². The molecule has 0 aromatic heterocycles. The van der Waals surface area contributed by atoms with Crippen molar-refractivity contribution in [2.75, 3.05) is 44.7 Å². The molecule has 3 aliphatic rings. The number of hydrogen-bond acceptors (Lipinski definition) is 5. The van der Waals surface area contributed by atoms with Crippen molar-refractivity contribution in [3.8, 4) is 28.4 Å². The summed E-state index contributed by atoms with van der Waals surface area (Å²) in [5.41, 5.74) is 9.23. The van der Waals surface area contributed by atoms with Gasteiger partial charge >= 0.3 is 0 Å². The van der Waals surface area contributed by atoms with E-state index >= 15 is 0 Å². The molecule has 1 fully saturated rings. The lowest BCUT2D eigenvalue weighted by Gasteiger charge is -2.40. The van der Waals surface area contributed by atoms with E-state index in [1.54, 1.807) is 14.2 Å². The molecule has 0 radical (unpaired) electrons. The van der Waals surface area contributed by atoms with Gasteiger partial charge in [0, 0.05) is 65.2 Å². The van der Waals surface area contributed by atoms with Crippen molar-refractivity contribution in [1.82, 2.24) is 0 Å². The lowest BCUT2D eigenvalue weighted by molar-refractivity contribution is 0.163. The van der Waals surface area contributed by atoms with Gasteiger partial charge in [-0.05, 0) is 76.2 Å². The first kappa shape index (κ1) is 27.2. The predicted molar refractivity (Wildman–Crippen MR) is 183 cm³/mol. The van der Waals surface area contributed by atoms with Gasteiger partial charge in [0.2, 0.25) is 0 Å². The summed E-state index contributed by atoms with van der Waals surface area (Å²) in [5, 5.41) is 2.29. The van der Waals surface area contributed by atoms with E-state index in [4.69, 9.17) is 14.2 Å². The summed E-state index contributed by atoms with van der Waals surface area (Å²) in [6.07, 6.45) is 4.61. The van der Waals surface area contributed by atoms with E-state index in [9.17, 15) is 0 Å². The maximum Gasteiger partial charge on any atom is 0.178 e. The van der Waals surface area contributed by atoms with Crippen molar-refractivity contribution in [2.24, 2.45) is 0 Å². The first-order valence-corrected chi connectivity index (χ1v) is 16.3. The highest BCUT2D eigenvalue weighted by Gasteiger charge is 2.44. The summed E-state index contributed by atoms with van der Waals surface area (Å²) in [4.78, 5) is 2.12. The third-order valence-electron chi connectivity index (χ3n) is 9.70. The van der Waals surface area contributed by atoms with E-state index < -0.39 is 5.60 Å². The molecule has 5 heteroatoms. The second kappa shape index (κ2) is 10.4. The summed E-state index contributed by atoms with van der Waals surface area (Å²) in [5.74, 6) is 5.76. The molecule has 220 valence electrons. The molecule has 4 nitrogen and oxygen atoms in total. The number of anilines is 1. The smallest absolute Gasteiger partial charge is 0.178 e. The van der Waals surface area contributed by atoms with Gasteiger partial charge in [-0.3, -0.25) is 0 Å². The van der Waals surface area contributed by atoms with Crippen LogP contribution in [0.15, 0.2) is 97.1 Å². The van der Waals surface area contributed by atoms with Gasteiger partial charge in [-0.15, -0.1) is 0 Å². The zero-order valence-corrected chi connectivity index (χ0v) is 26.3. The molecule has 0 N–H and O–H groups in total. The third kappa shape index (κ3) is 3.99. The minimum Gasteiger partial charge on any atom is -0.497 e. The Hall–Kier alpha value is -4.35. The van der Waals surface area contributed by atoms with Gasteiger partial charge in [0.1, 0.15) is 17.2 Å². The fraction of sp³-hybridized carbons (Fsp3) is 0.231. The first-order chi connectivity index (χ1) is 21.5. The van der Waals surface area contributed by atoms with Gasteiger partial charge in [0.15, 0.2) is 5.60 Å². The van der Waals surface area contributed by atoms with Crippen molar-refractivity contribution >= 4 is 34.3 Å². The standard InChI is InChI=1S/C39H35NO3S/c1-40(2)26-13-9-24(10-14-26)39(25-11-15-27(41-3)16-12-25)20-19-32-37-35-23-44-22-34(35)29-7-5-6-8-30(29)36(37)31-18-17-28(42-4)21-33(31)38(32)43-39/h5-21,34-35H,22-23H2,1-4H3. The Morgan fingerprint density at radius 2 is 1.45 bits per heavy atom.